The number of rotatable bonds is 5. The Morgan fingerprint density at radius 1 is 0.769 bits per heavy atom. The molecule has 346 valence electrons. The lowest BCUT2D eigenvalue weighted by Crippen LogP contribution is -2.65. The van der Waals surface area contributed by atoms with Crippen molar-refractivity contribution in [1.82, 2.24) is 14.7 Å². The highest BCUT2D eigenvalue weighted by Crippen LogP contribution is 2.71. The van der Waals surface area contributed by atoms with Gasteiger partial charge >= 0.3 is 0 Å². The summed E-state index contributed by atoms with van der Waals surface area (Å²) in [6.07, 6.45) is 59.5. The molecule has 0 radical (unpaired) electrons. The Morgan fingerprint density at radius 3 is 2.46 bits per heavy atom. The fourth-order valence-electron chi connectivity index (χ4n) is 19.0. The van der Waals surface area contributed by atoms with E-state index in [1.807, 2.05) is 27.9 Å². The minimum absolute atomic E-state index is 0.0876. The minimum Gasteiger partial charge on any atom is -0.365 e. The number of hydrogen-bond acceptors (Lipinski definition) is 5. The zero-order valence-electron chi connectivity index (χ0n) is 40.3. The van der Waals surface area contributed by atoms with Gasteiger partial charge in [0, 0.05) is 80.9 Å². The molecule has 14 rings (SSSR count). The molecule has 0 N–H and O–H groups in total. The SMILES string of the molecule is CC1(C)N2C3=CC(N(C4C=CCCC4)C4CCCCC4)CC4=C3B(C3=C2C(CC(C2=CCCCC2)C3)C12CCCCC2)C1SC2C=CCCC2C1N4C1CCC=C2C3CCC=CC3OC21. The summed E-state index contributed by atoms with van der Waals surface area (Å²) in [6, 6.07) is 2.69. The van der Waals surface area contributed by atoms with Crippen molar-refractivity contribution in [3.8, 4) is 0 Å². The van der Waals surface area contributed by atoms with Crippen LogP contribution in [0.15, 0.2) is 93.9 Å². The van der Waals surface area contributed by atoms with Crippen molar-refractivity contribution in [3.05, 3.63) is 93.9 Å². The summed E-state index contributed by atoms with van der Waals surface area (Å²) in [5.41, 5.74) is 13.2. The van der Waals surface area contributed by atoms with Gasteiger partial charge in [0.1, 0.15) is 0 Å². The van der Waals surface area contributed by atoms with E-state index in [0.717, 1.165) is 11.8 Å². The van der Waals surface area contributed by atoms with Crippen LogP contribution in [0.4, 0.5) is 0 Å². The zero-order valence-corrected chi connectivity index (χ0v) is 41.1. The van der Waals surface area contributed by atoms with E-state index in [4.69, 9.17) is 4.74 Å². The Kier molecular flexibility index (Phi) is 10.4. The van der Waals surface area contributed by atoms with Gasteiger partial charge in [-0.05, 0) is 165 Å². The molecule has 12 unspecified atom stereocenters. The topological polar surface area (TPSA) is 19.0 Å². The van der Waals surface area contributed by atoms with Gasteiger partial charge in [-0.15, -0.1) is 0 Å². The minimum atomic E-state index is 0.0876. The molecule has 5 aliphatic heterocycles. The smallest absolute Gasteiger partial charge is 0.227 e. The largest absolute Gasteiger partial charge is 0.365 e. The average molecular weight is 890 g/mol. The summed E-state index contributed by atoms with van der Waals surface area (Å²) in [5.74, 6) is 2.73. The van der Waals surface area contributed by atoms with Crippen LogP contribution in [0.25, 0.3) is 0 Å². The molecule has 65 heavy (non-hydrogen) atoms. The second-order valence-corrected chi connectivity index (χ2v) is 26.0. The van der Waals surface area contributed by atoms with Crippen LogP contribution in [0.2, 0.25) is 0 Å². The average Bonchev–Trinajstić information content (AvgIpc) is 3.99. The van der Waals surface area contributed by atoms with Gasteiger partial charge < -0.3 is 14.5 Å². The van der Waals surface area contributed by atoms with Crippen molar-refractivity contribution in [3.63, 3.8) is 0 Å². The number of allylic oxidation sites excluding steroid dienone is 9. The summed E-state index contributed by atoms with van der Waals surface area (Å²) < 4.78 is 7.48. The van der Waals surface area contributed by atoms with Crippen LogP contribution in [-0.2, 0) is 4.74 Å². The van der Waals surface area contributed by atoms with E-state index < -0.39 is 0 Å². The van der Waals surface area contributed by atoms with Crippen molar-refractivity contribution >= 4 is 18.5 Å². The maximum Gasteiger partial charge on any atom is 0.227 e. The standard InChI is InChI=1S/C59H80BN3OS/c1-58(2)59(32-17-6-18-33-59)46-34-39(38-20-7-3-8-21-38)35-47-55(46)63(58)50-37-42(61(40-22-9-4-10-23-40)41-24-11-5-12-25-41)36-49-53(50)60(47)57-54(45-27-14-16-31-52(45)65-57)62(49)48-29-19-28-44-43-26-13-15-30-51(43)64-56(44)48/h9,15-16,20,22,28,30-31,37,39-43,45-46,48,51-52,54,56-57H,3-8,10-14,17-19,21,23-27,29,32-36H2,1-2H3. The molecule has 14 aliphatic rings. The summed E-state index contributed by atoms with van der Waals surface area (Å²) in [4.78, 5) is 9.71. The molecule has 0 aromatic heterocycles. The third kappa shape index (κ3) is 6.21. The molecule has 5 heterocycles. The van der Waals surface area contributed by atoms with Crippen LogP contribution in [0.3, 0.4) is 0 Å². The van der Waals surface area contributed by atoms with E-state index in [0.29, 0.717) is 64.6 Å². The van der Waals surface area contributed by atoms with Crippen molar-refractivity contribution in [2.45, 2.75) is 239 Å². The van der Waals surface area contributed by atoms with Crippen molar-refractivity contribution in [1.29, 1.82) is 0 Å². The fraction of sp³-hybridized carbons (Fsp3) is 0.729. The molecule has 0 aromatic carbocycles. The lowest BCUT2D eigenvalue weighted by molar-refractivity contribution is -0.0119. The molecule has 9 aliphatic carbocycles. The first-order valence-corrected chi connectivity index (χ1v) is 29.2. The molecule has 0 amide bonds. The van der Waals surface area contributed by atoms with Crippen molar-refractivity contribution in [2.75, 3.05) is 0 Å². The summed E-state index contributed by atoms with van der Waals surface area (Å²) in [5, 5.41) is 1.24. The molecule has 6 heteroatoms. The molecule has 2 saturated carbocycles. The number of thioether (sulfide) groups is 1. The van der Waals surface area contributed by atoms with E-state index >= 15 is 0 Å². The summed E-state index contributed by atoms with van der Waals surface area (Å²) in [7, 11) is 0. The summed E-state index contributed by atoms with van der Waals surface area (Å²) in [6.45, 7) is 6.12. The lowest BCUT2D eigenvalue weighted by Gasteiger charge is -2.59. The Hall–Kier alpha value is -2.15. The molecule has 12 atom stereocenters. The van der Waals surface area contributed by atoms with Crippen molar-refractivity contribution < 1.29 is 4.74 Å². The molecule has 5 fully saturated rings. The monoisotopic (exact) mass is 890 g/mol. The van der Waals surface area contributed by atoms with Gasteiger partial charge in [-0.3, -0.25) is 4.90 Å². The van der Waals surface area contributed by atoms with Crippen LogP contribution >= 0.6 is 11.8 Å². The third-order valence-corrected chi connectivity index (χ3v) is 23.3. The highest BCUT2D eigenvalue weighted by Gasteiger charge is 2.69. The van der Waals surface area contributed by atoms with Gasteiger partial charge in [-0.2, -0.15) is 11.8 Å². The fourth-order valence-corrected chi connectivity index (χ4v) is 21.0. The highest BCUT2D eigenvalue weighted by molar-refractivity contribution is 8.02. The number of fused-ring (bicyclic) bond motifs is 10. The summed E-state index contributed by atoms with van der Waals surface area (Å²) >= 11 is 2.47. The maximum absolute atomic E-state index is 7.48. The van der Waals surface area contributed by atoms with Crippen LogP contribution in [-0.4, -0.2) is 79.8 Å². The molecular weight excluding hydrogens is 810 g/mol. The molecule has 1 spiro atoms. The van der Waals surface area contributed by atoms with Gasteiger partial charge in [0.05, 0.1) is 18.2 Å². The second kappa shape index (κ2) is 16.2. The van der Waals surface area contributed by atoms with Crippen molar-refractivity contribution in [2.24, 2.45) is 29.1 Å². The second-order valence-electron chi connectivity index (χ2n) is 24.7. The van der Waals surface area contributed by atoms with Gasteiger partial charge in [0.15, 0.2) is 0 Å². The van der Waals surface area contributed by atoms with Crippen LogP contribution in [0, 0.1) is 29.1 Å². The number of nitrogens with zero attached hydrogens (tertiary/aromatic N) is 3. The van der Waals surface area contributed by atoms with E-state index in [1.54, 1.807) is 11.3 Å². The Bertz CT molecular complexity index is 2180. The van der Waals surface area contributed by atoms with E-state index in [9.17, 15) is 0 Å². The molecule has 3 saturated heterocycles. The third-order valence-electron chi connectivity index (χ3n) is 21.6. The van der Waals surface area contributed by atoms with E-state index in [2.05, 4.69) is 95.0 Å². The first-order valence-electron chi connectivity index (χ1n) is 28.2. The number of ether oxygens (including phenoxy) is 1. The Labute approximate surface area is 398 Å². The predicted octanol–water partition coefficient (Wildman–Crippen LogP) is 13.5. The molecule has 0 bridgehead atoms. The first-order chi connectivity index (χ1) is 32.0. The molecular formula is C59H80BN3OS. The zero-order chi connectivity index (χ0) is 43.0. The van der Waals surface area contributed by atoms with Crippen LogP contribution < -0.4 is 0 Å². The van der Waals surface area contributed by atoms with Gasteiger partial charge in [-0.1, -0.05) is 98.2 Å². The van der Waals surface area contributed by atoms with Gasteiger partial charge in [0.25, 0.3) is 0 Å². The first kappa shape index (κ1) is 41.8. The Balaban J connectivity index is 1.00. The van der Waals surface area contributed by atoms with Gasteiger partial charge in [0.2, 0.25) is 6.71 Å². The Morgan fingerprint density at radius 2 is 1.62 bits per heavy atom. The molecule has 4 nitrogen and oxygen atoms in total. The van der Waals surface area contributed by atoms with Gasteiger partial charge in [-0.25, -0.2) is 0 Å². The predicted molar refractivity (Wildman–Crippen MR) is 270 cm³/mol. The maximum atomic E-state index is 7.48. The van der Waals surface area contributed by atoms with E-state index in [-0.39, 0.29) is 17.7 Å². The number of hydrogen-bond donors (Lipinski definition) is 0. The normalized spacial score (nSPS) is 42.3. The highest BCUT2D eigenvalue weighted by atomic mass is 32.2. The molecule has 0 aromatic rings. The van der Waals surface area contributed by atoms with Crippen LogP contribution in [0.1, 0.15) is 181 Å². The van der Waals surface area contributed by atoms with E-state index in [1.165, 1.54) is 167 Å². The quantitative estimate of drug-likeness (QED) is 0.202. The lowest BCUT2D eigenvalue weighted by atomic mass is 9.30. The van der Waals surface area contributed by atoms with Crippen LogP contribution in [0.5, 0.6) is 0 Å².